The van der Waals surface area contributed by atoms with E-state index >= 15 is 0 Å². The average molecular weight is 428 g/mol. The van der Waals surface area contributed by atoms with E-state index in [-0.39, 0.29) is 18.2 Å². The lowest BCUT2D eigenvalue weighted by atomic mass is 10.0. The maximum absolute atomic E-state index is 13.0. The summed E-state index contributed by atoms with van der Waals surface area (Å²) in [5.41, 5.74) is 3.72. The second-order valence-corrected chi connectivity index (χ2v) is 8.04. The van der Waals surface area contributed by atoms with Crippen molar-refractivity contribution in [3.63, 3.8) is 0 Å². The van der Waals surface area contributed by atoms with E-state index in [1.54, 1.807) is 4.90 Å². The van der Waals surface area contributed by atoms with Gasteiger partial charge in [0.15, 0.2) is 11.5 Å². The maximum Gasteiger partial charge on any atom is 0.229 e. The highest BCUT2D eigenvalue weighted by Gasteiger charge is 2.35. The summed E-state index contributed by atoms with van der Waals surface area (Å²) in [5.74, 6) is 0.680. The Morgan fingerprint density at radius 1 is 0.938 bits per heavy atom. The Morgan fingerprint density at radius 2 is 1.69 bits per heavy atom. The molecule has 0 aliphatic carbocycles. The minimum atomic E-state index is -0.416. The molecule has 2 heterocycles. The number of anilines is 2. The molecule has 0 radical (unpaired) electrons. The second kappa shape index (κ2) is 8.75. The van der Waals surface area contributed by atoms with Crippen molar-refractivity contribution in [1.82, 2.24) is 0 Å². The molecule has 1 saturated heterocycles. The summed E-state index contributed by atoms with van der Waals surface area (Å²) >= 11 is 0. The summed E-state index contributed by atoms with van der Waals surface area (Å²) in [5, 5.41) is 3.05. The topological polar surface area (TPSA) is 67.9 Å². The summed E-state index contributed by atoms with van der Waals surface area (Å²) in [7, 11) is 0. The van der Waals surface area contributed by atoms with Crippen LogP contribution in [0.2, 0.25) is 0 Å². The molecule has 2 amide bonds. The minimum absolute atomic E-state index is 0.0700. The first kappa shape index (κ1) is 20.1. The van der Waals surface area contributed by atoms with E-state index in [9.17, 15) is 9.59 Å². The van der Waals surface area contributed by atoms with Gasteiger partial charge in [-0.3, -0.25) is 9.59 Å². The highest BCUT2D eigenvalue weighted by atomic mass is 16.6. The maximum atomic E-state index is 13.0. The summed E-state index contributed by atoms with van der Waals surface area (Å²) < 4.78 is 11.2. The molecule has 2 aliphatic heterocycles. The fraction of sp³-hybridized carbons (Fsp3) is 0.231. The van der Waals surface area contributed by atoms with Crippen molar-refractivity contribution in [2.45, 2.75) is 12.8 Å². The molecule has 162 valence electrons. The minimum Gasteiger partial charge on any atom is -0.486 e. The fourth-order valence-corrected chi connectivity index (χ4v) is 4.18. The van der Waals surface area contributed by atoms with Crippen LogP contribution < -0.4 is 19.7 Å². The van der Waals surface area contributed by atoms with Crippen LogP contribution in [0.25, 0.3) is 0 Å². The molecular formula is C26H24N2O4. The molecule has 32 heavy (non-hydrogen) atoms. The van der Waals surface area contributed by atoms with Gasteiger partial charge in [0, 0.05) is 30.4 Å². The van der Waals surface area contributed by atoms with Gasteiger partial charge in [0.05, 0.1) is 5.92 Å². The molecule has 2 aliphatic rings. The number of hydrogen-bond donors (Lipinski definition) is 1. The van der Waals surface area contributed by atoms with E-state index in [0.717, 1.165) is 23.4 Å². The van der Waals surface area contributed by atoms with E-state index in [4.69, 9.17) is 9.47 Å². The van der Waals surface area contributed by atoms with Gasteiger partial charge in [0.25, 0.3) is 0 Å². The van der Waals surface area contributed by atoms with Gasteiger partial charge >= 0.3 is 0 Å². The Balaban J connectivity index is 1.29. The monoisotopic (exact) mass is 428 g/mol. The number of fused-ring (bicyclic) bond motifs is 1. The quantitative estimate of drug-likeness (QED) is 0.666. The molecule has 0 saturated carbocycles. The molecule has 6 nitrogen and oxygen atoms in total. The number of nitrogens with one attached hydrogen (secondary N) is 1. The lowest BCUT2D eigenvalue weighted by Gasteiger charge is -2.22. The van der Waals surface area contributed by atoms with Crippen molar-refractivity contribution in [2.75, 3.05) is 30.0 Å². The van der Waals surface area contributed by atoms with Crippen molar-refractivity contribution in [2.24, 2.45) is 5.92 Å². The van der Waals surface area contributed by atoms with Crippen molar-refractivity contribution < 1.29 is 19.1 Å². The summed E-state index contributed by atoms with van der Waals surface area (Å²) in [4.78, 5) is 27.4. The first-order chi connectivity index (χ1) is 15.7. The smallest absolute Gasteiger partial charge is 0.229 e. The molecule has 1 atom stereocenters. The van der Waals surface area contributed by atoms with E-state index < -0.39 is 5.92 Å². The predicted octanol–water partition coefficient (Wildman–Crippen LogP) is 4.04. The van der Waals surface area contributed by atoms with E-state index in [1.165, 1.54) is 5.56 Å². The first-order valence-corrected chi connectivity index (χ1v) is 10.8. The van der Waals surface area contributed by atoms with Crippen molar-refractivity contribution in [3.05, 3.63) is 83.9 Å². The zero-order chi connectivity index (χ0) is 21.9. The molecule has 0 spiro atoms. The molecule has 1 N–H and O–H groups in total. The van der Waals surface area contributed by atoms with Crippen LogP contribution in [0, 0.1) is 5.92 Å². The van der Waals surface area contributed by atoms with Gasteiger partial charge in [-0.25, -0.2) is 0 Å². The largest absolute Gasteiger partial charge is 0.486 e. The molecule has 1 fully saturated rings. The number of carbonyl (C=O) groups excluding carboxylic acids is 2. The number of rotatable bonds is 5. The third kappa shape index (κ3) is 4.17. The molecule has 0 unspecified atom stereocenters. The molecule has 0 bridgehead atoms. The Hall–Kier alpha value is -3.80. The zero-order valence-electron chi connectivity index (χ0n) is 17.6. The van der Waals surface area contributed by atoms with Gasteiger partial charge in [0.1, 0.15) is 13.2 Å². The number of hydrogen-bond acceptors (Lipinski definition) is 4. The van der Waals surface area contributed by atoms with Gasteiger partial charge in [-0.15, -0.1) is 0 Å². The van der Waals surface area contributed by atoms with E-state index in [1.807, 2.05) is 60.7 Å². The van der Waals surface area contributed by atoms with Crippen LogP contribution in [0.15, 0.2) is 72.8 Å². The number of para-hydroxylation sites is 1. The summed E-state index contributed by atoms with van der Waals surface area (Å²) in [6.07, 6.45) is 0.908. The van der Waals surface area contributed by atoms with Gasteiger partial charge in [-0.05, 0) is 35.7 Å². The number of carbonyl (C=O) groups is 2. The van der Waals surface area contributed by atoms with Crippen LogP contribution >= 0.6 is 0 Å². The highest BCUT2D eigenvalue weighted by molar-refractivity contribution is 6.03. The lowest BCUT2D eigenvalue weighted by Crippen LogP contribution is -2.28. The number of benzene rings is 3. The van der Waals surface area contributed by atoms with Crippen molar-refractivity contribution >= 4 is 23.2 Å². The third-order valence-corrected chi connectivity index (χ3v) is 5.85. The van der Waals surface area contributed by atoms with Crippen molar-refractivity contribution in [3.8, 4) is 11.5 Å². The van der Waals surface area contributed by atoms with Crippen LogP contribution in [0.5, 0.6) is 11.5 Å². The third-order valence-electron chi connectivity index (χ3n) is 5.85. The average Bonchev–Trinajstić information content (AvgIpc) is 3.22. The number of nitrogens with zero attached hydrogens (tertiary/aromatic N) is 1. The number of ether oxygens (including phenoxy) is 2. The summed E-state index contributed by atoms with van der Waals surface area (Å²) in [6, 6.07) is 23.4. The van der Waals surface area contributed by atoms with Crippen LogP contribution in [0.3, 0.4) is 0 Å². The SMILES string of the molecule is O=C(Nc1ccccc1Cc1ccccc1)[C@@H]1CC(=O)N(c2ccc3c(c2)OCCO3)C1. The van der Waals surface area contributed by atoms with Crippen molar-refractivity contribution in [1.29, 1.82) is 0 Å². The fourth-order valence-electron chi connectivity index (χ4n) is 4.18. The van der Waals surface area contributed by atoms with Crippen LogP contribution in [0.1, 0.15) is 17.5 Å². The van der Waals surface area contributed by atoms with Crippen LogP contribution in [0.4, 0.5) is 11.4 Å². The Morgan fingerprint density at radius 3 is 2.53 bits per heavy atom. The van der Waals surface area contributed by atoms with Gasteiger partial charge in [-0.2, -0.15) is 0 Å². The molecule has 6 heteroatoms. The lowest BCUT2D eigenvalue weighted by molar-refractivity contribution is -0.122. The Kier molecular flexibility index (Phi) is 5.50. The number of amides is 2. The van der Waals surface area contributed by atoms with Gasteiger partial charge < -0.3 is 19.7 Å². The van der Waals surface area contributed by atoms with Gasteiger partial charge in [0.2, 0.25) is 11.8 Å². The first-order valence-electron chi connectivity index (χ1n) is 10.8. The zero-order valence-corrected chi connectivity index (χ0v) is 17.6. The standard InChI is InChI=1S/C26H24N2O4/c29-25-15-20(17-28(25)21-10-11-23-24(16-21)32-13-12-31-23)26(30)27-22-9-5-4-8-19(22)14-18-6-2-1-3-7-18/h1-11,16,20H,12-15,17H2,(H,27,30)/t20-/m1/s1. The van der Waals surface area contributed by atoms with E-state index in [2.05, 4.69) is 17.4 Å². The summed E-state index contributed by atoms with van der Waals surface area (Å²) in [6.45, 7) is 1.34. The van der Waals surface area contributed by atoms with Crippen LogP contribution in [-0.4, -0.2) is 31.6 Å². The predicted molar refractivity (Wildman–Crippen MR) is 122 cm³/mol. The Bertz CT molecular complexity index is 1150. The molecule has 3 aromatic carbocycles. The van der Waals surface area contributed by atoms with E-state index in [0.29, 0.717) is 31.3 Å². The van der Waals surface area contributed by atoms with Crippen LogP contribution in [-0.2, 0) is 16.0 Å². The molecule has 3 aromatic rings. The molecular weight excluding hydrogens is 404 g/mol. The van der Waals surface area contributed by atoms with Gasteiger partial charge in [-0.1, -0.05) is 48.5 Å². The second-order valence-electron chi connectivity index (χ2n) is 8.04. The molecule has 0 aromatic heterocycles. The molecule has 5 rings (SSSR count). The normalized spacial score (nSPS) is 17.3. The highest BCUT2D eigenvalue weighted by Crippen LogP contribution is 2.36. The Labute approximate surface area is 186 Å².